The quantitative estimate of drug-likeness (QED) is 0.167. The zero-order chi connectivity index (χ0) is 32.4. The van der Waals surface area contributed by atoms with Crippen LogP contribution in [0, 0.1) is 0 Å². The van der Waals surface area contributed by atoms with Gasteiger partial charge < -0.3 is 18.9 Å². The molecule has 0 atom stereocenters. The van der Waals surface area contributed by atoms with Crippen molar-refractivity contribution in [2.45, 2.75) is 89.9 Å². The van der Waals surface area contributed by atoms with E-state index in [9.17, 15) is 0 Å². The monoisotopic (exact) mass is 644 g/mol. The number of pyridine rings is 2. The van der Waals surface area contributed by atoms with Gasteiger partial charge in [-0.2, -0.15) is 0 Å². The Morgan fingerprint density at radius 3 is 1.23 bits per heavy atom. The molecule has 0 unspecified atom stereocenters. The molecule has 0 saturated heterocycles. The van der Waals surface area contributed by atoms with E-state index in [1.807, 2.05) is 24.3 Å². The lowest BCUT2D eigenvalue weighted by molar-refractivity contribution is 0.257. The molecule has 250 valence electrons. The third kappa shape index (κ3) is 8.21. The van der Waals surface area contributed by atoms with Crippen LogP contribution in [-0.2, 0) is 12.8 Å². The fourth-order valence-corrected chi connectivity index (χ4v) is 6.88. The number of hydrogen-bond acceptors (Lipinski definition) is 6. The summed E-state index contributed by atoms with van der Waals surface area (Å²) in [5.74, 6) is 3.48. The highest BCUT2D eigenvalue weighted by Crippen LogP contribution is 2.36. The van der Waals surface area contributed by atoms with E-state index in [4.69, 9.17) is 28.9 Å². The molecular formula is C42H48N2O4. The number of para-hydroxylation sites is 2. The lowest BCUT2D eigenvalue weighted by Gasteiger charge is -2.20. The average Bonchev–Trinajstić information content (AvgIpc) is 3.11. The van der Waals surface area contributed by atoms with Gasteiger partial charge in [0.25, 0.3) is 0 Å². The van der Waals surface area contributed by atoms with E-state index >= 15 is 0 Å². The van der Waals surface area contributed by atoms with Crippen molar-refractivity contribution in [3.63, 3.8) is 0 Å². The van der Waals surface area contributed by atoms with Crippen LogP contribution in [0.2, 0.25) is 0 Å². The Bertz CT molecular complexity index is 1690. The molecule has 0 amide bonds. The minimum absolute atomic E-state index is 0.719. The Labute approximate surface area is 284 Å². The summed E-state index contributed by atoms with van der Waals surface area (Å²) in [6, 6.07) is 25.3. The minimum Gasteiger partial charge on any atom is -0.494 e. The SMILES string of the molecule is c1ccc2c(c1)OCCCCCCCCOc1ccc3cc4c(nc3c1)-c1nc3cc(ccc3cc1CC4)OCCCCCCCCO2. The first-order valence-electron chi connectivity index (χ1n) is 18.3. The van der Waals surface area contributed by atoms with Crippen LogP contribution in [0.5, 0.6) is 23.0 Å². The highest BCUT2D eigenvalue weighted by molar-refractivity contribution is 5.88. The topological polar surface area (TPSA) is 62.7 Å². The molecule has 48 heavy (non-hydrogen) atoms. The molecule has 2 aromatic heterocycles. The number of aryl methyl sites for hydroxylation is 2. The molecule has 2 aliphatic rings. The van der Waals surface area contributed by atoms with E-state index in [1.54, 1.807) is 0 Å². The van der Waals surface area contributed by atoms with E-state index < -0.39 is 0 Å². The number of hydrogen-bond donors (Lipinski definition) is 0. The molecule has 1 aliphatic carbocycles. The van der Waals surface area contributed by atoms with Gasteiger partial charge >= 0.3 is 0 Å². The molecule has 1 aliphatic heterocycles. The van der Waals surface area contributed by atoms with Crippen molar-refractivity contribution >= 4 is 21.8 Å². The predicted octanol–water partition coefficient (Wildman–Crippen LogP) is 10.5. The summed E-state index contributed by atoms with van der Waals surface area (Å²) >= 11 is 0. The fraction of sp³-hybridized carbons (Fsp3) is 0.429. The maximum atomic E-state index is 6.18. The van der Waals surface area contributed by atoms with Gasteiger partial charge in [-0.1, -0.05) is 63.5 Å². The van der Waals surface area contributed by atoms with Gasteiger partial charge in [0.15, 0.2) is 11.5 Å². The summed E-state index contributed by atoms with van der Waals surface area (Å²) < 4.78 is 24.6. The molecular weight excluding hydrogens is 596 g/mol. The second-order valence-electron chi connectivity index (χ2n) is 13.3. The molecule has 0 fully saturated rings. The van der Waals surface area contributed by atoms with E-state index in [0.29, 0.717) is 0 Å². The van der Waals surface area contributed by atoms with Crippen LogP contribution >= 0.6 is 0 Å². The van der Waals surface area contributed by atoms with Gasteiger partial charge in [0.2, 0.25) is 0 Å². The normalized spacial score (nSPS) is 17.2. The third-order valence-corrected chi connectivity index (χ3v) is 9.60. The van der Waals surface area contributed by atoms with Crippen LogP contribution in [0.25, 0.3) is 33.2 Å². The Balaban J connectivity index is 1.03. The van der Waals surface area contributed by atoms with Crippen LogP contribution < -0.4 is 18.9 Å². The van der Waals surface area contributed by atoms with Gasteiger partial charge in [0, 0.05) is 22.9 Å². The summed E-state index contributed by atoms with van der Waals surface area (Å²) in [5, 5.41) is 2.30. The number of benzene rings is 3. The maximum Gasteiger partial charge on any atom is 0.161 e. The molecule has 0 saturated carbocycles. The highest BCUT2D eigenvalue weighted by atomic mass is 16.5. The zero-order valence-electron chi connectivity index (χ0n) is 28.2. The van der Waals surface area contributed by atoms with Crippen molar-refractivity contribution in [3.8, 4) is 34.4 Å². The Hall–Kier alpha value is -4.32. The first-order valence-corrected chi connectivity index (χ1v) is 18.3. The summed E-state index contributed by atoms with van der Waals surface area (Å²) in [5.41, 5.74) is 6.46. The van der Waals surface area contributed by atoms with Crippen molar-refractivity contribution in [3.05, 3.63) is 83.9 Å². The third-order valence-electron chi connectivity index (χ3n) is 9.60. The van der Waals surface area contributed by atoms with Crippen molar-refractivity contribution in [2.24, 2.45) is 0 Å². The molecule has 3 aromatic carbocycles. The summed E-state index contributed by atoms with van der Waals surface area (Å²) in [6.07, 6.45) is 15.7. The fourth-order valence-electron chi connectivity index (χ4n) is 6.88. The van der Waals surface area contributed by atoms with Gasteiger partial charge in [0.1, 0.15) is 11.5 Å². The van der Waals surface area contributed by atoms with Crippen LogP contribution in [0.1, 0.15) is 88.2 Å². The molecule has 6 nitrogen and oxygen atoms in total. The Morgan fingerprint density at radius 1 is 0.396 bits per heavy atom. The predicted molar refractivity (Wildman–Crippen MR) is 194 cm³/mol. The van der Waals surface area contributed by atoms with Gasteiger partial charge in [-0.3, -0.25) is 0 Å². The van der Waals surface area contributed by atoms with Crippen molar-refractivity contribution in [1.82, 2.24) is 9.97 Å². The average molecular weight is 645 g/mol. The number of rotatable bonds is 0. The Morgan fingerprint density at radius 2 is 0.792 bits per heavy atom. The molecule has 3 heterocycles. The van der Waals surface area contributed by atoms with Crippen LogP contribution in [-0.4, -0.2) is 36.4 Å². The summed E-state index contributed by atoms with van der Waals surface area (Å²) in [7, 11) is 0. The maximum absolute atomic E-state index is 6.18. The standard InChI is InChI=1S/C42H48N2O4/c1-3-7-13-25-47-39-15-9-10-16-40(39)48-26-14-8-4-2-6-12-24-46-36-22-20-32-28-34-18-17-33-27-31-19-21-35(45-23-11-5-1)29-37(31)43-41(33)42(34)44-38(32)30-36/h9-10,15-16,19-22,27-30H,1-8,11-14,17-18,23-26H2. The number of fused-ring (bicyclic) bond motifs is 3. The van der Waals surface area contributed by atoms with Crippen LogP contribution in [0.3, 0.4) is 0 Å². The van der Waals surface area contributed by atoms with Gasteiger partial charge in [-0.25, -0.2) is 9.97 Å². The second kappa shape index (κ2) is 16.2. The van der Waals surface area contributed by atoms with E-state index in [1.165, 1.54) is 62.5 Å². The van der Waals surface area contributed by atoms with Crippen LogP contribution in [0.4, 0.5) is 0 Å². The molecule has 0 radical (unpaired) electrons. The molecule has 0 N–H and O–H groups in total. The highest BCUT2D eigenvalue weighted by Gasteiger charge is 2.21. The first kappa shape index (κ1) is 32.2. The largest absolute Gasteiger partial charge is 0.494 e. The first-order chi connectivity index (χ1) is 23.8. The molecule has 6 heteroatoms. The zero-order valence-corrected chi connectivity index (χ0v) is 28.2. The van der Waals surface area contributed by atoms with E-state index in [0.717, 1.165) is 121 Å². The van der Waals surface area contributed by atoms with Gasteiger partial charge in [-0.05, 0) is 98.2 Å². The number of ether oxygens (including phenoxy) is 4. The number of aromatic nitrogens is 2. The minimum atomic E-state index is 0.719. The van der Waals surface area contributed by atoms with Crippen LogP contribution in [0.15, 0.2) is 72.8 Å². The van der Waals surface area contributed by atoms with Crippen molar-refractivity contribution in [2.75, 3.05) is 26.4 Å². The number of nitrogens with zero attached hydrogens (tertiary/aromatic N) is 2. The molecule has 5 aromatic rings. The van der Waals surface area contributed by atoms with Gasteiger partial charge in [0.05, 0.1) is 48.8 Å². The van der Waals surface area contributed by atoms with E-state index in [-0.39, 0.29) is 0 Å². The van der Waals surface area contributed by atoms with Gasteiger partial charge in [-0.15, -0.1) is 0 Å². The lowest BCUT2D eigenvalue weighted by Crippen LogP contribution is -2.08. The van der Waals surface area contributed by atoms with Crippen molar-refractivity contribution in [1.29, 1.82) is 0 Å². The van der Waals surface area contributed by atoms with Crippen molar-refractivity contribution < 1.29 is 18.9 Å². The molecule has 0 spiro atoms. The molecule has 6 bridgehead atoms. The second-order valence-corrected chi connectivity index (χ2v) is 13.3. The summed E-state index contributed by atoms with van der Waals surface area (Å²) in [6.45, 7) is 2.89. The lowest BCUT2D eigenvalue weighted by atomic mass is 9.91. The Kier molecular flexibility index (Phi) is 10.9. The van der Waals surface area contributed by atoms with E-state index in [2.05, 4.69) is 48.5 Å². The smallest absolute Gasteiger partial charge is 0.161 e. The summed E-state index contributed by atoms with van der Waals surface area (Å²) in [4.78, 5) is 10.3. The molecule has 7 rings (SSSR count).